The third-order valence-electron chi connectivity index (χ3n) is 9.48. The van der Waals surface area contributed by atoms with Gasteiger partial charge in [0.1, 0.15) is 17.1 Å². The molecule has 0 N–H and O–H groups in total. The van der Waals surface area contributed by atoms with E-state index in [2.05, 4.69) is 158 Å². The summed E-state index contributed by atoms with van der Waals surface area (Å²) < 4.78 is 8.98. The van der Waals surface area contributed by atoms with Gasteiger partial charge in [0, 0.05) is 35.1 Å². The molecule has 0 spiro atoms. The number of fused-ring (bicyclic) bond motifs is 7. The highest BCUT2D eigenvalue weighted by Crippen LogP contribution is 2.42. The highest BCUT2D eigenvalue weighted by atomic mass is 16.5. The second-order valence-electron chi connectivity index (χ2n) is 14.0. The number of rotatable bonds is 8. The normalized spacial score (nSPS) is 13.1. The summed E-state index contributed by atoms with van der Waals surface area (Å²) in [5, 5.41) is 3.46. The Morgan fingerprint density at radius 3 is 2.12 bits per heavy atom. The molecule has 1 aliphatic heterocycles. The van der Waals surface area contributed by atoms with Gasteiger partial charge in [-0.25, -0.2) is 4.98 Å². The lowest BCUT2D eigenvalue weighted by Crippen LogP contribution is -2.23. The van der Waals surface area contributed by atoms with E-state index in [1.54, 1.807) is 0 Å². The fourth-order valence-corrected chi connectivity index (χ4v) is 7.52. The first-order valence-electron chi connectivity index (χ1n) is 17.1. The molecular weight excluding hydrogens is 589 g/mol. The van der Waals surface area contributed by atoms with Crippen LogP contribution >= 0.6 is 0 Å². The lowest BCUT2D eigenvalue weighted by molar-refractivity contribution is 0.483. The molecule has 0 radical (unpaired) electrons. The Morgan fingerprint density at radius 1 is 0.667 bits per heavy atom. The summed E-state index contributed by atoms with van der Waals surface area (Å²) in [4.78, 5) is 9.75. The fraction of sp³-hybridized carbons (Fsp3) is 0.233. The summed E-state index contributed by atoms with van der Waals surface area (Å²) in [5.41, 5.74) is 10.9. The molecule has 7 aromatic rings. The summed E-state index contributed by atoms with van der Waals surface area (Å²) in [6.45, 7) is 10.0. The molecule has 8 rings (SSSR count). The van der Waals surface area contributed by atoms with Crippen LogP contribution in [-0.2, 0) is 12.8 Å². The maximum atomic E-state index is 6.60. The summed E-state index contributed by atoms with van der Waals surface area (Å²) in [6.07, 6.45) is 4.14. The molecular formula is C43H42N4O. The smallest absolute Gasteiger partial charge is 0.145 e. The zero-order valence-electron chi connectivity index (χ0n) is 28.4. The van der Waals surface area contributed by atoms with Crippen LogP contribution in [0, 0.1) is 11.8 Å². The molecule has 0 atom stereocenters. The first-order valence-corrected chi connectivity index (χ1v) is 17.1. The van der Waals surface area contributed by atoms with Crippen LogP contribution in [0.15, 0.2) is 115 Å². The lowest BCUT2D eigenvalue weighted by Gasteiger charge is -2.20. The van der Waals surface area contributed by atoms with Crippen molar-refractivity contribution in [1.29, 1.82) is 0 Å². The number of anilines is 3. The van der Waals surface area contributed by atoms with Crippen molar-refractivity contribution in [3.63, 3.8) is 0 Å². The molecule has 240 valence electrons. The van der Waals surface area contributed by atoms with Gasteiger partial charge < -0.3 is 14.5 Å². The molecule has 0 amide bonds. The predicted molar refractivity (Wildman–Crippen MR) is 201 cm³/mol. The van der Waals surface area contributed by atoms with Gasteiger partial charge in [0.25, 0.3) is 0 Å². The largest absolute Gasteiger partial charge is 0.457 e. The van der Waals surface area contributed by atoms with Gasteiger partial charge >= 0.3 is 0 Å². The van der Waals surface area contributed by atoms with E-state index in [0.29, 0.717) is 11.8 Å². The highest BCUT2D eigenvalue weighted by Gasteiger charge is 2.24. The van der Waals surface area contributed by atoms with Crippen molar-refractivity contribution >= 4 is 44.4 Å². The highest BCUT2D eigenvalue weighted by molar-refractivity contribution is 6.12. The van der Waals surface area contributed by atoms with Gasteiger partial charge in [0.05, 0.1) is 35.5 Å². The van der Waals surface area contributed by atoms with E-state index in [1.807, 2.05) is 6.07 Å². The van der Waals surface area contributed by atoms with Gasteiger partial charge in [-0.1, -0.05) is 82.3 Å². The quantitative estimate of drug-likeness (QED) is 0.156. The second-order valence-corrected chi connectivity index (χ2v) is 14.0. The van der Waals surface area contributed by atoms with Crippen LogP contribution < -0.4 is 14.5 Å². The SMILES string of the molecule is CC(C)Cc1cccc(CC(C)C)c1-c1cnc2c3cc(Oc4cccc(N5CN(C)c6ccccc65)c4)ccc3c3ccccc3n12. The zero-order chi connectivity index (χ0) is 32.9. The molecule has 5 aromatic carbocycles. The van der Waals surface area contributed by atoms with Crippen LogP contribution in [-0.4, -0.2) is 23.1 Å². The number of pyridine rings is 1. The van der Waals surface area contributed by atoms with Gasteiger partial charge in [-0.05, 0) is 89.7 Å². The molecule has 5 heteroatoms. The molecule has 1 aliphatic rings. The summed E-state index contributed by atoms with van der Waals surface area (Å²) >= 11 is 0. The van der Waals surface area contributed by atoms with Crippen LogP contribution in [0.1, 0.15) is 38.8 Å². The summed E-state index contributed by atoms with van der Waals surface area (Å²) in [6, 6.07) is 38.9. The number of para-hydroxylation sites is 3. The number of hydrogen-bond acceptors (Lipinski definition) is 4. The van der Waals surface area contributed by atoms with Crippen molar-refractivity contribution in [2.45, 2.75) is 40.5 Å². The fourth-order valence-electron chi connectivity index (χ4n) is 7.52. The third-order valence-corrected chi connectivity index (χ3v) is 9.48. The molecule has 0 fully saturated rings. The molecule has 48 heavy (non-hydrogen) atoms. The van der Waals surface area contributed by atoms with Crippen molar-refractivity contribution in [3.05, 3.63) is 127 Å². The average molecular weight is 631 g/mol. The van der Waals surface area contributed by atoms with E-state index in [9.17, 15) is 0 Å². The Hall–Kier alpha value is -5.29. The maximum absolute atomic E-state index is 6.60. The van der Waals surface area contributed by atoms with Crippen LogP contribution in [0.2, 0.25) is 0 Å². The van der Waals surface area contributed by atoms with Crippen LogP contribution in [0.3, 0.4) is 0 Å². The topological polar surface area (TPSA) is 33.0 Å². The van der Waals surface area contributed by atoms with Crippen molar-refractivity contribution in [2.75, 3.05) is 23.5 Å². The Kier molecular flexibility index (Phi) is 7.55. The Balaban J connectivity index is 1.25. The molecule has 0 unspecified atom stereocenters. The first kappa shape index (κ1) is 30.1. The van der Waals surface area contributed by atoms with Gasteiger partial charge in [0.15, 0.2) is 0 Å². The summed E-state index contributed by atoms with van der Waals surface area (Å²) in [5.74, 6) is 2.70. The van der Waals surface area contributed by atoms with E-state index in [1.165, 1.54) is 44.4 Å². The number of aromatic nitrogens is 2. The predicted octanol–water partition coefficient (Wildman–Crippen LogP) is 11.0. The van der Waals surface area contributed by atoms with Gasteiger partial charge in [-0.2, -0.15) is 0 Å². The molecule has 2 aromatic heterocycles. The zero-order valence-corrected chi connectivity index (χ0v) is 28.4. The number of benzene rings is 5. The van der Waals surface area contributed by atoms with E-state index < -0.39 is 0 Å². The van der Waals surface area contributed by atoms with E-state index in [0.717, 1.165) is 53.4 Å². The number of nitrogens with zero attached hydrogens (tertiary/aromatic N) is 4. The van der Waals surface area contributed by atoms with Gasteiger partial charge in [0.2, 0.25) is 0 Å². The number of ether oxygens (including phenoxy) is 1. The minimum Gasteiger partial charge on any atom is -0.457 e. The van der Waals surface area contributed by atoms with Gasteiger partial charge in [-0.15, -0.1) is 0 Å². The second kappa shape index (κ2) is 12.1. The standard InChI is InChI=1S/C43H42N4O/c1-28(2)22-30-12-10-13-31(23-29(3)4)42(30)41-26-44-43-37-25-34(20-21-35(37)36-16-6-7-17-38(36)47(41)43)48-33-15-11-14-32(24-33)46-27-45(5)39-18-8-9-19-40(39)46/h6-21,24-26,28-29H,22-23,27H2,1-5H3. The Bertz CT molecular complexity index is 2270. The van der Waals surface area contributed by atoms with Crippen LogP contribution in [0.5, 0.6) is 11.5 Å². The van der Waals surface area contributed by atoms with Crippen LogP contribution in [0.4, 0.5) is 17.1 Å². The molecule has 0 bridgehead atoms. The van der Waals surface area contributed by atoms with Crippen molar-refractivity contribution in [2.24, 2.45) is 11.8 Å². The molecule has 3 heterocycles. The maximum Gasteiger partial charge on any atom is 0.145 e. The molecule has 0 saturated carbocycles. The minimum absolute atomic E-state index is 0.550. The number of imidazole rings is 1. The van der Waals surface area contributed by atoms with Crippen molar-refractivity contribution in [1.82, 2.24) is 9.38 Å². The average Bonchev–Trinajstić information content (AvgIpc) is 3.67. The number of hydrogen-bond donors (Lipinski definition) is 0. The van der Waals surface area contributed by atoms with E-state index in [-0.39, 0.29) is 0 Å². The van der Waals surface area contributed by atoms with E-state index in [4.69, 9.17) is 9.72 Å². The van der Waals surface area contributed by atoms with Crippen molar-refractivity contribution < 1.29 is 4.74 Å². The van der Waals surface area contributed by atoms with Crippen LogP contribution in [0.25, 0.3) is 38.6 Å². The van der Waals surface area contributed by atoms with Crippen molar-refractivity contribution in [3.8, 4) is 22.8 Å². The van der Waals surface area contributed by atoms with Gasteiger partial charge in [-0.3, -0.25) is 4.40 Å². The monoisotopic (exact) mass is 630 g/mol. The molecule has 0 aliphatic carbocycles. The molecule has 0 saturated heterocycles. The molecule has 5 nitrogen and oxygen atoms in total. The Morgan fingerprint density at radius 2 is 1.35 bits per heavy atom. The van der Waals surface area contributed by atoms with E-state index >= 15 is 0 Å². The minimum atomic E-state index is 0.550. The lowest BCUT2D eigenvalue weighted by atomic mass is 9.89. The first-order chi connectivity index (χ1) is 23.4. The Labute approximate surface area is 283 Å². The summed E-state index contributed by atoms with van der Waals surface area (Å²) in [7, 11) is 2.13. The third kappa shape index (κ3) is 5.24.